The SMILES string of the molecule is CNC(COC(C)(C)C)Cc1cncs1. The number of ether oxygens (including phenoxy) is 1. The monoisotopic (exact) mass is 228 g/mol. The molecule has 1 N–H and O–H groups in total. The van der Waals surface area contributed by atoms with Crippen molar-refractivity contribution in [3.8, 4) is 0 Å². The van der Waals surface area contributed by atoms with Gasteiger partial charge in [-0.1, -0.05) is 0 Å². The van der Waals surface area contributed by atoms with Crippen LogP contribution in [-0.4, -0.2) is 30.3 Å². The molecule has 1 rings (SSSR count). The molecule has 1 unspecified atom stereocenters. The standard InChI is InChI=1S/C11H20N2OS/c1-11(2,3)14-7-9(12-4)5-10-6-13-8-15-10/h6,8-9,12H,5,7H2,1-4H3. The first-order chi connectivity index (χ1) is 7.01. The van der Waals surface area contributed by atoms with Gasteiger partial charge in [-0.15, -0.1) is 11.3 Å². The molecule has 0 fully saturated rings. The summed E-state index contributed by atoms with van der Waals surface area (Å²) in [5, 5.41) is 3.27. The third-order valence-corrected chi connectivity index (χ3v) is 2.86. The fourth-order valence-electron chi connectivity index (χ4n) is 1.18. The number of likely N-dealkylation sites (N-methyl/N-ethyl adjacent to an activating group) is 1. The summed E-state index contributed by atoms with van der Waals surface area (Å²) in [5.74, 6) is 0. The van der Waals surface area contributed by atoms with E-state index in [1.54, 1.807) is 11.3 Å². The summed E-state index contributed by atoms with van der Waals surface area (Å²) >= 11 is 1.69. The summed E-state index contributed by atoms with van der Waals surface area (Å²) in [6.07, 6.45) is 2.91. The third-order valence-electron chi connectivity index (χ3n) is 2.06. The fraction of sp³-hybridized carbons (Fsp3) is 0.727. The maximum Gasteiger partial charge on any atom is 0.0794 e. The first kappa shape index (κ1) is 12.6. The van der Waals surface area contributed by atoms with E-state index in [0.717, 1.165) is 13.0 Å². The predicted octanol–water partition coefficient (Wildman–Crippen LogP) is 2.09. The fourth-order valence-corrected chi connectivity index (χ4v) is 1.86. The van der Waals surface area contributed by atoms with E-state index in [1.165, 1.54) is 4.88 Å². The Balaban J connectivity index is 2.36. The van der Waals surface area contributed by atoms with E-state index >= 15 is 0 Å². The van der Waals surface area contributed by atoms with E-state index < -0.39 is 0 Å². The minimum atomic E-state index is -0.0667. The number of nitrogens with one attached hydrogen (secondary N) is 1. The van der Waals surface area contributed by atoms with Crippen LogP contribution >= 0.6 is 11.3 Å². The van der Waals surface area contributed by atoms with Crippen LogP contribution < -0.4 is 5.32 Å². The second-order valence-corrected chi connectivity index (χ2v) is 5.55. The molecule has 0 aliphatic carbocycles. The van der Waals surface area contributed by atoms with Crippen LogP contribution in [0.25, 0.3) is 0 Å². The number of rotatable bonds is 5. The molecule has 1 aromatic heterocycles. The zero-order valence-corrected chi connectivity index (χ0v) is 10.7. The highest BCUT2D eigenvalue weighted by atomic mass is 32.1. The van der Waals surface area contributed by atoms with Crippen LogP contribution in [0, 0.1) is 0 Å². The average molecular weight is 228 g/mol. The Kier molecular flexibility index (Phi) is 4.70. The highest BCUT2D eigenvalue weighted by Crippen LogP contribution is 2.12. The summed E-state index contributed by atoms with van der Waals surface area (Å²) in [7, 11) is 1.97. The zero-order chi connectivity index (χ0) is 11.3. The van der Waals surface area contributed by atoms with E-state index in [0.29, 0.717) is 6.04 Å². The van der Waals surface area contributed by atoms with Gasteiger partial charge in [0.2, 0.25) is 0 Å². The Morgan fingerprint density at radius 2 is 2.27 bits per heavy atom. The van der Waals surface area contributed by atoms with Crippen molar-refractivity contribution < 1.29 is 4.74 Å². The van der Waals surface area contributed by atoms with E-state index in [4.69, 9.17) is 4.74 Å². The maximum absolute atomic E-state index is 5.75. The van der Waals surface area contributed by atoms with Crippen LogP contribution in [0.15, 0.2) is 11.7 Å². The van der Waals surface area contributed by atoms with Crippen LogP contribution in [0.4, 0.5) is 0 Å². The normalized spacial score (nSPS) is 14.1. The molecule has 86 valence electrons. The van der Waals surface area contributed by atoms with Crippen LogP contribution in [0.1, 0.15) is 25.6 Å². The van der Waals surface area contributed by atoms with Gasteiger partial charge in [-0.25, -0.2) is 0 Å². The van der Waals surface area contributed by atoms with Crippen molar-refractivity contribution in [2.24, 2.45) is 0 Å². The van der Waals surface area contributed by atoms with Gasteiger partial charge in [0.05, 0.1) is 17.7 Å². The molecule has 4 heteroatoms. The van der Waals surface area contributed by atoms with Crippen molar-refractivity contribution >= 4 is 11.3 Å². The highest BCUT2D eigenvalue weighted by molar-refractivity contribution is 7.09. The molecule has 0 saturated heterocycles. The number of aromatic nitrogens is 1. The minimum absolute atomic E-state index is 0.0667. The number of thiazole rings is 1. The molecule has 0 aliphatic rings. The summed E-state index contributed by atoms with van der Waals surface area (Å²) < 4.78 is 5.75. The van der Waals surface area contributed by atoms with Crippen LogP contribution in [0.2, 0.25) is 0 Å². The molecule has 1 atom stereocenters. The van der Waals surface area contributed by atoms with Gasteiger partial charge < -0.3 is 10.1 Å². The van der Waals surface area contributed by atoms with Gasteiger partial charge in [0.25, 0.3) is 0 Å². The second kappa shape index (κ2) is 5.58. The molecule has 0 spiro atoms. The molecule has 1 heterocycles. The molecule has 1 aromatic rings. The summed E-state index contributed by atoms with van der Waals surface area (Å²) in [6.45, 7) is 6.96. The quantitative estimate of drug-likeness (QED) is 0.838. The lowest BCUT2D eigenvalue weighted by Gasteiger charge is -2.23. The Labute approximate surface area is 95.9 Å². The first-order valence-corrected chi connectivity index (χ1v) is 6.08. The Hall–Kier alpha value is -0.450. The largest absolute Gasteiger partial charge is 0.374 e. The lowest BCUT2D eigenvalue weighted by molar-refractivity contribution is -0.0134. The van der Waals surface area contributed by atoms with E-state index in [9.17, 15) is 0 Å². The number of hydrogen-bond acceptors (Lipinski definition) is 4. The van der Waals surface area contributed by atoms with Gasteiger partial charge in [0.1, 0.15) is 0 Å². The Morgan fingerprint density at radius 1 is 1.53 bits per heavy atom. The second-order valence-electron chi connectivity index (χ2n) is 4.58. The molecule has 0 aliphatic heterocycles. The molecule has 0 bridgehead atoms. The molecule has 15 heavy (non-hydrogen) atoms. The van der Waals surface area contributed by atoms with Gasteiger partial charge in [-0.05, 0) is 27.8 Å². The van der Waals surface area contributed by atoms with Crippen LogP contribution in [0.3, 0.4) is 0 Å². The lowest BCUT2D eigenvalue weighted by Crippen LogP contribution is -2.35. The predicted molar refractivity (Wildman–Crippen MR) is 64.4 cm³/mol. The Bertz CT molecular complexity index is 267. The van der Waals surface area contributed by atoms with Gasteiger partial charge in [0.15, 0.2) is 0 Å². The van der Waals surface area contributed by atoms with Crippen molar-refractivity contribution in [3.05, 3.63) is 16.6 Å². The molecule has 0 amide bonds. The number of nitrogens with zero attached hydrogens (tertiary/aromatic N) is 1. The van der Waals surface area contributed by atoms with Crippen molar-refractivity contribution in [2.45, 2.75) is 38.8 Å². The van der Waals surface area contributed by atoms with Gasteiger partial charge in [0, 0.05) is 23.5 Å². The van der Waals surface area contributed by atoms with Crippen LogP contribution in [-0.2, 0) is 11.2 Å². The van der Waals surface area contributed by atoms with Crippen molar-refractivity contribution in [1.29, 1.82) is 0 Å². The highest BCUT2D eigenvalue weighted by Gasteiger charge is 2.15. The van der Waals surface area contributed by atoms with Crippen molar-refractivity contribution in [3.63, 3.8) is 0 Å². The van der Waals surface area contributed by atoms with Gasteiger partial charge in [-0.2, -0.15) is 0 Å². The molecular formula is C11H20N2OS. The van der Waals surface area contributed by atoms with Crippen molar-refractivity contribution in [2.75, 3.05) is 13.7 Å². The number of hydrogen-bond donors (Lipinski definition) is 1. The molecule has 0 saturated carbocycles. The maximum atomic E-state index is 5.75. The molecule has 0 aromatic carbocycles. The van der Waals surface area contributed by atoms with E-state index in [1.807, 2.05) is 18.8 Å². The van der Waals surface area contributed by atoms with E-state index in [-0.39, 0.29) is 5.60 Å². The minimum Gasteiger partial charge on any atom is -0.374 e. The average Bonchev–Trinajstić information content (AvgIpc) is 2.63. The third kappa shape index (κ3) is 5.25. The van der Waals surface area contributed by atoms with Gasteiger partial charge in [-0.3, -0.25) is 4.98 Å². The molecule has 0 radical (unpaired) electrons. The molecule has 3 nitrogen and oxygen atoms in total. The Morgan fingerprint density at radius 3 is 2.73 bits per heavy atom. The summed E-state index contributed by atoms with van der Waals surface area (Å²) in [6, 6.07) is 0.365. The topological polar surface area (TPSA) is 34.1 Å². The zero-order valence-electron chi connectivity index (χ0n) is 9.91. The van der Waals surface area contributed by atoms with E-state index in [2.05, 4.69) is 31.1 Å². The molecular weight excluding hydrogens is 208 g/mol. The van der Waals surface area contributed by atoms with Crippen LogP contribution in [0.5, 0.6) is 0 Å². The summed E-state index contributed by atoms with van der Waals surface area (Å²) in [4.78, 5) is 5.37. The van der Waals surface area contributed by atoms with Crippen molar-refractivity contribution in [1.82, 2.24) is 10.3 Å². The first-order valence-electron chi connectivity index (χ1n) is 5.20. The smallest absolute Gasteiger partial charge is 0.0794 e. The lowest BCUT2D eigenvalue weighted by atomic mass is 10.1. The van der Waals surface area contributed by atoms with Gasteiger partial charge >= 0.3 is 0 Å². The summed E-state index contributed by atoms with van der Waals surface area (Å²) in [5.41, 5.74) is 1.80.